The number of pyridine rings is 8. The fourth-order valence-electron chi connectivity index (χ4n) is 12.7. The van der Waals surface area contributed by atoms with Gasteiger partial charge in [-0.1, -0.05) is 77.3 Å². The molecule has 0 aliphatic rings. The maximum absolute atomic E-state index is 13.5. The smallest absolute Gasteiger partial charge is 0.423 e. The zero-order chi connectivity index (χ0) is 82.5. The first-order chi connectivity index (χ1) is 57.3. The number of H-pyrrole nitrogens is 6. The highest BCUT2D eigenvalue weighted by Gasteiger charge is 2.20. The average Bonchev–Trinajstić information content (AvgIpc) is 1.75. The molecular formula is C84H66BCl3F2N24O4. The Bertz CT molecular complexity index is 7170. The molecule has 16 heterocycles. The van der Waals surface area contributed by atoms with Gasteiger partial charge in [0.1, 0.15) is 75.0 Å². The molecule has 14 N–H and O–H groups in total. The van der Waals surface area contributed by atoms with Gasteiger partial charge >= 0.3 is 7.12 Å². The molecule has 0 atom stereocenters. The van der Waals surface area contributed by atoms with E-state index in [0.717, 1.165) is 133 Å². The molecule has 34 heteroatoms. The second-order valence-corrected chi connectivity index (χ2v) is 27.1. The lowest BCUT2D eigenvalue weighted by molar-refractivity contribution is 0.422. The van der Waals surface area contributed by atoms with Crippen LogP contribution in [-0.2, 0) is 0 Å². The first-order valence-corrected chi connectivity index (χ1v) is 37.0. The van der Waals surface area contributed by atoms with Gasteiger partial charge in [-0.3, -0.25) is 9.59 Å². The Morgan fingerprint density at radius 1 is 0.331 bits per heavy atom. The molecule has 0 saturated carbocycles. The van der Waals surface area contributed by atoms with Gasteiger partial charge in [0, 0.05) is 162 Å². The maximum atomic E-state index is 13.5. The Morgan fingerprint density at radius 2 is 0.678 bits per heavy atom. The summed E-state index contributed by atoms with van der Waals surface area (Å²) in [5.41, 5.74) is 26.1. The molecule has 0 radical (unpaired) electrons. The van der Waals surface area contributed by atoms with Crippen molar-refractivity contribution in [2.24, 2.45) is 0 Å². The minimum Gasteiger partial charge on any atom is -0.423 e. The summed E-state index contributed by atoms with van der Waals surface area (Å²) in [5.74, 6) is 0.00742. The van der Waals surface area contributed by atoms with Gasteiger partial charge in [0.05, 0.1) is 39.4 Å². The van der Waals surface area contributed by atoms with Gasteiger partial charge in [0.2, 0.25) is 11.9 Å². The molecule has 0 unspecified atom stereocenters. The molecule has 0 spiro atoms. The minimum absolute atomic E-state index is 0.0933. The second kappa shape index (κ2) is 36.1. The van der Waals surface area contributed by atoms with Crippen LogP contribution in [0.15, 0.2) is 255 Å². The third-order valence-corrected chi connectivity index (χ3v) is 19.6. The zero-order valence-corrected chi connectivity index (χ0v) is 65.0. The third kappa shape index (κ3) is 17.4. The van der Waals surface area contributed by atoms with E-state index in [1.165, 1.54) is 43.5 Å². The SMILES string of the molecule is Cc1ccc2c(=O)[nH]ccc2c1N.Cc1ccc2c(=O)[nH]ccc2c1Nc1ncccc1-c1ncnc2[nH]ccc12.Cc1ccc2c(Cl)nccc2c1N.Cc1ccc2c(Cl)nccc2c1Nc1ncccc1-c1ncnc2[nH]ccc12.Clc1ncnc2[nH]ccc12.Fc1ncccc1-c1ncnc2[nH]ccc12.OB(O)c1cccnc1F. The van der Waals surface area contributed by atoms with E-state index in [1.807, 2.05) is 155 Å². The van der Waals surface area contributed by atoms with Crippen molar-refractivity contribution < 1.29 is 18.8 Å². The summed E-state index contributed by atoms with van der Waals surface area (Å²) in [4.78, 5) is 98.5. The van der Waals surface area contributed by atoms with Gasteiger partial charge in [-0.15, -0.1) is 0 Å². The number of anilines is 6. The Hall–Kier alpha value is -14.9. The Balaban J connectivity index is 0.000000118. The summed E-state index contributed by atoms with van der Waals surface area (Å²) in [6.45, 7) is 7.95. The summed E-state index contributed by atoms with van der Waals surface area (Å²) in [6, 6.07) is 44.2. The molecule has 118 heavy (non-hydrogen) atoms. The Morgan fingerprint density at radius 3 is 1.14 bits per heavy atom. The first kappa shape index (κ1) is 79.7. The molecule has 0 aliphatic heterocycles. The summed E-state index contributed by atoms with van der Waals surface area (Å²) in [5, 5.41) is 35.6. The van der Waals surface area contributed by atoms with E-state index in [-0.39, 0.29) is 16.6 Å². The van der Waals surface area contributed by atoms with Gasteiger partial charge in [-0.25, -0.2) is 69.8 Å². The van der Waals surface area contributed by atoms with Crippen LogP contribution in [0.25, 0.3) is 121 Å². The molecule has 0 saturated heterocycles. The number of hydrogen-bond acceptors (Lipinski definition) is 22. The van der Waals surface area contributed by atoms with Gasteiger partial charge < -0.3 is 62.1 Å². The molecule has 584 valence electrons. The molecule has 20 rings (SSSR count). The Labute approximate surface area is 682 Å². The van der Waals surface area contributed by atoms with E-state index >= 15 is 0 Å². The molecule has 0 bridgehead atoms. The third-order valence-electron chi connectivity index (χ3n) is 18.7. The monoisotopic (exact) mass is 1630 g/mol. The standard InChI is InChI=1S/C21H15ClN6.C21H16N6O.C11H7FN4.C10H9ClN2.C10H10N2O.C6H4ClN3.C5H5BFNO2/c1-12-4-5-14-13(6-9-23-19(14)22)17(12)28-21-15(3-2-8-24-21)18-16-7-10-25-20(16)27-11-26-18;1-12-4-5-14-13(6-10-24-21(14)28)17(12)27-20-15(3-2-8-22-20)18-16-7-9-23-19(16)26-11-25-18;12-10-7(2-1-4-13-10)9-8-3-5-14-11(8)16-6-15-9;1-6-2-3-8-7(9(6)12)4-5-13-10(8)11;1-6-2-3-8-7(9(6)11)4-5-12-10(8)13;7-5-4-1-2-8-6(4)10-3-9-5;7-5-4(6(9)10)2-1-3-8-5/h2-11H,1H3,(H,24,28)(H,25,26,27);2-11H,1H3,(H,22,27)(H,24,28)(H,23,25,26);1-6H,(H,14,15,16);2-5H,12H2,1H3;2-5H,11H2,1H3,(H,12,13);1-3H,(H,8,9,10);1-3,9-10H. The number of benzene rings is 4. The highest BCUT2D eigenvalue weighted by Crippen LogP contribution is 2.39. The summed E-state index contributed by atoms with van der Waals surface area (Å²) < 4.78 is 25.9. The molecule has 0 fully saturated rings. The summed E-state index contributed by atoms with van der Waals surface area (Å²) >= 11 is 17.9. The van der Waals surface area contributed by atoms with E-state index < -0.39 is 19.0 Å². The number of nitrogens with one attached hydrogen (secondary N) is 8. The van der Waals surface area contributed by atoms with Crippen LogP contribution in [0.5, 0.6) is 0 Å². The topological polar surface area (TPSA) is 426 Å². The predicted molar refractivity (Wildman–Crippen MR) is 461 cm³/mol. The molecule has 20 aromatic rings. The van der Waals surface area contributed by atoms with Crippen LogP contribution in [0.3, 0.4) is 0 Å². The molecule has 0 amide bonds. The van der Waals surface area contributed by atoms with Gasteiger partial charge in [-0.05, 0) is 153 Å². The van der Waals surface area contributed by atoms with Crippen LogP contribution >= 0.6 is 34.8 Å². The number of fused-ring (bicyclic) bond motifs is 8. The van der Waals surface area contributed by atoms with Crippen LogP contribution in [0.2, 0.25) is 15.5 Å². The lowest BCUT2D eigenvalue weighted by Gasteiger charge is -2.15. The van der Waals surface area contributed by atoms with Crippen molar-refractivity contribution >= 4 is 169 Å². The largest absolute Gasteiger partial charge is 0.493 e. The molecular weight excluding hydrogens is 1560 g/mol. The van der Waals surface area contributed by atoms with E-state index in [9.17, 15) is 18.4 Å². The van der Waals surface area contributed by atoms with Crippen molar-refractivity contribution in [1.82, 2.24) is 99.7 Å². The maximum Gasteiger partial charge on any atom is 0.493 e. The highest BCUT2D eigenvalue weighted by molar-refractivity contribution is 6.58. The van der Waals surface area contributed by atoms with Crippen LogP contribution in [0.1, 0.15) is 22.3 Å². The number of aromatic amines is 6. The predicted octanol–water partition coefficient (Wildman–Crippen LogP) is 16.1. The number of aryl methyl sites for hydroxylation is 4. The second-order valence-electron chi connectivity index (χ2n) is 26.0. The molecule has 28 nitrogen and oxygen atoms in total. The fourth-order valence-corrected chi connectivity index (χ4v) is 13.3. The highest BCUT2D eigenvalue weighted by atomic mass is 35.5. The van der Waals surface area contributed by atoms with Crippen LogP contribution in [-0.4, -0.2) is 117 Å². The number of rotatable bonds is 8. The van der Waals surface area contributed by atoms with Crippen molar-refractivity contribution in [3.05, 3.63) is 316 Å². The fraction of sp³-hybridized carbons (Fsp3) is 0.0476. The lowest BCUT2D eigenvalue weighted by Crippen LogP contribution is -2.33. The number of aromatic nitrogens is 20. The molecule has 4 aromatic carbocycles. The van der Waals surface area contributed by atoms with E-state index in [0.29, 0.717) is 60.5 Å². The number of hydrogen-bond donors (Lipinski definition) is 12. The van der Waals surface area contributed by atoms with Crippen molar-refractivity contribution in [2.75, 3.05) is 22.1 Å². The average molecular weight is 1630 g/mol. The summed E-state index contributed by atoms with van der Waals surface area (Å²) in [7, 11) is -1.78. The van der Waals surface area contributed by atoms with Crippen molar-refractivity contribution in [3.8, 4) is 33.8 Å². The summed E-state index contributed by atoms with van der Waals surface area (Å²) in [6.07, 6.45) is 25.9. The number of nitrogens with two attached hydrogens (primary N) is 2. The minimum atomic E-state index is -1.78. The Kier molecular flexibility index (Phi) is 24.4. The van der Waals surface area contributed by atoms with Gasteiger partial charge in [-0.2, -0.15) is 8.78 Å². The van der Waals surface area contributed by atoms with Crippen LogP contribution < -0.4 is 38.7 Å². The van der Waals surface area contributed by atoms with E-state index in [2.05, 4.69) is 110 Å². The zero-order valence-electron chi connectivity index (χ0n) is 62.7. The van der Waals surface area contributed by atoms with E-state index in [4.69, 9.17) is 56.3 Å². The van der Waals surface area contributed by atoms with Gasteiger partial charge in [0.25, 0.3) is 11.1 Å². The molecule has 16 aromatic heterocycles. The number of nitrogens with zero attached hydrogens (tertiary/aromatic N) is 14. The van der Waals surface area contributed by atoms with Crippen LogP contribution in [0, 0.1) is 39.6 Å². The van der Waals surface area contributed by atoms with Crippen molar-refractivity contribution in [3.63, 3.8) is 0 Å². The normalized spacial score (nSPS) is 10.8. The van der Waals surface area contributed by atoms with Gasteiger partial charge in [0.15, 0.2) is 0 Å². The van der Waals surface area contributed by atoms with Crippen LogP contribution in [0.4, 0.5) is 43.2 Å². The lowest BCUT2D eigenvalue weighted by atomic mass is 9.81. The van der Waals surface area contributed by atoms with Crippen molar-refractivity contribution in [1.29, 1.82) is 0 Å². The van der Waals surface area contributed by atoms with Crippen molar-refractivity contribution in [2.45, 2.75) is 27.7 Å². The number of nitrogen functional groups attached to an aromatic ring is 2. The number of halogens is 5. The first-order valence-electron chi connectivity index (χ1n) is 35.9. The van der Waals surface area contributed by atoms with E-state index in [1.54, 1.807) is 74.1 Å². The molecule has 0 aliphatic carbocycles. The quantitative estimate of drug-likeness (QED) is 0.0291.